The zero-order chi connectivity index (χ0) is 28.0. The van der Waals surface area contributed by atoms with E-state index in [2.05, 4.69) is 36.0 Å². The summed E-state index contributed by atoms with van der Waals surface area (Å²) in [5.74, 6) is 2.15. The SMILES string of the molecule is COc1ccc2c3c1O[C@H]1c4[nH]c(C(=O)N5CCN(C(=O)c6ccccc6)CC5)c(C)c4CC4[C@@H](C2)N(C)CC[C@@]341. The second-order valence-corrected chi connectivity index (χ2v) is 12.4. The summed E-state index contributed by atoms with van der Waals surface area (Å²) in [5.41, 5.74) is 7.32. The molecule has 212 valence electrons. The highest BCUT2D eigenvalue weighted by atomic mass is 16.5. The predicted molar refractivity (Wildman–Crippen MR) is 154 cm³/mol. The number of aromatic amines is 1. The van der Waals surface area contributed by atoms with Crippen molar-refractivity contribution in [2.24, 2.45) is 5.92 Å². The third-order valence-electron chi connectivity index (χ3n) is 10.8. The van der Waals surface area contributed by atoms with E-state index in [1.165, 1.54) is 16.7 Å². The molecule has 1 N–H and O–H groups in total. The minimum absolute atomic E-state index is 0.0121. The van der Waals surface area contributed by atoms with E-state index in [4.69, 9.17) is 9.47 Å². The van der Waals surface area contributed by atoms with Gasteiger partial charge in [0.05, 0.1) is 12.8 Å². The Balaban J connectivity index is 1.11. The van der Waals surface area contributed by atoms with E-state index in [0.717, 1.165) is 48.6 Å². The maximum Gasteiger partial charge on any atom is 0.270 e. The third-order valence-corrected chi connectivity index (χ3v) is 10.8. The summed E-state index contributed by atoms with van der Waals surface area (Å²) < 4.78 is 12.7. The first-order valence-corrected chi connectivity index (χ1v) is 14.8. The number of nitrogens with one attached hydrogen (secondary N) is 1. The normalized spacial score (nSPS) is 27.6. The third kappa shape index (κ3) is 3.31. The topological polar surface area (TPSA) is 78.1 Å². The zero-order valence-electron chi connectivity index (χ0n) is 23.9. The molecule has 2 saturated heterocycles. The number of methoxy groups -OCH3 is 1. The van der Waals surface area contributed by atoms with Crippen LogP contribution in [0.2, 0.25) is 0 Å². The second kappa shape index (κ2) is 8.86. The van der Waals surface area contributed by atoms with Gasteiger partial charge in [-0.05, 0) is 80.6 Å². The smallest absolute Gasteiger partial charge is 0.270 e. The van der Waals surface area contributed by atoms with Crippen LogP contribution in [-0.2, 0) is 18.3 Å². The van der Waals surface area contributed by atoms with Gasteiger partial charge in [0.25, 0.3) is 11.8 Å². The van der Waals surface area contributed by atoms with E-state index < -0.39 is 0 Å². The monoisotopic (exact) mass is 552 g/mol. The van der Waals surface area contributed by atoms with Gasteiger partial charge < -0.3 is 29.2 Å². The van der Waals surface area contributed by atoms with Crippen LogP contribution in [0.3, 0.4) is 0 Å². The number of hydrogen-bond acceptors (Lipinski definition) is 5. The Bertz CT molecular complexity index is 1570. The minimum atomic E-state index is -0.154. The number of fused-ring (bicyclic) bond motifs is 2. The lowest BCUT2D eigenvalue weighted by Gasteiger charge is -2.57. The molecule has 0 saturated carbocycles. The number of nitrogens with zero attached hydrogens (tertiary/aromatic N) is 3. The molecule has 0 radical (unpaired) electrons. The van der Waals surface area contributed by atoms with Crippen LogP contribution >= 0.6 is 0 Å². The first kappa shape index (κ1) is 25.0. The Morgan fingerprint density at radius 2 is 1.71 bits per heavy atom. The fraction of sp³-hybridized carbons (Fsp3) is 0.455. The van der Waals surface area contributed by atoms with Crippen molar-refractivity contribution in [2.45, 2.75) is 43.7 Å². The molecule has 2 bridgehead atoms. The largest absolute Gasteiger partial charge is 0.493 e. The highest BCUT2D eigenvalue weighted by Gasteiger charge is 2.65. The number of likely N-dealkylation sites (N-methyl/N-ethyl adjacent to an activating group) is 1. The van der Waals surface area contributed by atoms with E-state index in [0.29, 0.717) is 49.4 Å². The molecule has 5 aliphatic rings. The number of piperazine rings is 1. The van der Waals surface area contributed by atoms with Gasteiger partial charge in [-0.1, -0.05) is 24.3 Å². The lowest BCUT2D eigenvalue weighted by atomic mass is 9.51. The van der Waals surface area contributed by atoms with E-state index in [9.17, 15) is 9.59 Å². The molecular weight excluding hydrogens is 516 g/mol. The van der Waals surface area contributed by atoms with Crippen molar-refractivity contribution in [3.05, 3.63) is 81.7 Å². The van der Waals surface area contributed by atoms with Crippen LogP contribution in [0.25, 0.3) is 0 Å². The lowest BCUT2D eigenvalue weighted by Crippen LogP contribution is -2.62. The standard InChI is InChI=1S/C33H36N4O4/c1-19-22-18-23-24-17-21-9-10-25(40-3)29-26(21)33(23,11-12-35(24)2)30(41-29)28(22)34-27(19)32(39)37-15-13-36(14-16-37)31(38)20-7-5-4-6-8-20/h4-10,23-24,30,34H,11-18H2,1-3H3/t23?,24-,30+,33+/m1/s1. The summed E-state index contributed by atoms with van der Waals surface area (Å²) in [6.45, 7) is 5.22. The quantitative estimate of drug-likeness (QED) is 0.536. The van der Waals surface area contributed by atoms with Gasteiger partial charge in [-0.3, -0.25) is 9.59 Å². The summed E-state index contributed by atoms with van der Waals surface area (Å²) in [7, 11) is 3.97. The number of piperidine rings is 1. The molecule has 8 nitrogen and oxygen atoms in total. The van der Waals surface area contributed by atoms with Crippen LogP contribution in [0.15, 0.2) is 42.5 Å². The van der Waals surface area contributed by atoms with Crippen molar-refractivity contribution in [3.63, 3.8) is 0 Å². The lowest BCUT2D eigenvalue weighted by molar-refractivity contribution is -0.0256. The molecule has 1 unspecified atom stereocenters. The maximum absolute atomic E-state index is 14.0. The molecular formula is C33H36N4O4. The van der Waals surface area contributed by atoms with Crippen molar-refractivity contribution in [1.29, 1.82) is 0 Å². The Kier molecular flexibility index (Phi) is 5.39. The number of benzene rings is 2. The Labute approximate surface area is 240 Å². The summed E-state index contributed by atoms with van der Waals surface area (Å²) in [6.07, 6.45) is 2.83. The fourth-order valence-electron chi connectivity index (χ4n) is 8.69. The van der Waals surface area contributed by atoms with E-state index in [1.807, 2.05) is 40.1 Å². The molecule has 1 aromatic heterocycles. The number of carbonyl (C=O) groups excluding carboxylic acids is 2. The summed E-state index contributed by atoms with van der Waals surface area (Å²) >= 11 is 0. The molecule has 2 aliphatic carbocycles. The highest BCUT2D eigenvalue weighted by molar-refractivity contribution is 5.96. The molecule has 4 heterocycles. The molecule has 8 heteroatoms. The Hall–Kier alpha value is -3.78. The molecule has 3 aromatic rings. The molecule has 2 fully saturated rings. The van der Waals surface area contributed by atoms with E-state index >= 15 is 0 Å². The highest BCUT2D eigenvalue weighted by Crippen LogP contribution is 2.67. The molecule has 2 aromatic carbocycles. The number of aromatic nitrogens is 1. The van der Waals surface area contributed by atoms with Gasteiger partial charge in [0, 0.05) is 48.8 Å². The number of hydrogen-bond donors (Lipinski definition) is 1. The molecule has 1 spiro atoms. The van der Waals surface area contributed by atoms with Crippen molar-refractivity contribution >= 4 is 11.8 Å². The van der Waals surface area contributed by atoms with Gasteiger partial charge in [-0.25, -0.2) is 0 Å². The summed E-state index contributed by atoms with van der Waals surface area (Å²) in [5, 5.41) is 0. The van der Waals surface area contributed by atoms with Gasteiger partial charge in [-0.2, -0.15) is 0 Å². The number of rotatable bonds is 3. The number of H-pyrrole nitrogens is 1. The number of carbonyl (C=O) groups is 2. The van der Waals surface area contributed by atoms with Crippen LogP contribution < -0.4 is 9.47 Å². The molecule has 4 atom stereocenters. The van der Waals surface area contributed by atoms with Crippen molar-refractivity contribution in [2.75, 3.05) is 46.9 Å². The van der Waals surface area contributed by atoms with Gasteiger partial charge in [0.15, 0.2) is 11.5 Å². The van der Waals surface area contributed by atoms with E-state index in [-0.39, 0.29) is 23.3 Å². The Morgan fingerprint density at radius 3 is 2.44 bits per heavy atom. The average molecular weight is 553 g/mol. The van der Waals surface area contributed by atoms with Crippen molar-refractivity contribution in [3.8, 4) is 11.5 Å². The first-order chi connectivity index (χ1) is 19.9. The summed E-state index contributed by atoms with van der Waals surface area (Å²) in [6, 6.07) is 14.1. The van der Waals surface area contributed by atoms with Crippen LogP contribution in [0.4, 0.5) is 0 Å². The van der Waals surface area contributed by atoms with Crippen LogP contribution in [-0.4, -0.2) is 84.4 Å². The average Bonchev–Trinajstić information content (AvgIpc) is 3.53. The maximum atomic E-state index is 14.0. The van der Waals surface area contributed by atoms with Crippen LogP contribution in [0.1, 0.15) is 61.3 Å². The molecule has 41 heavy (non-hydrogen) atoms. The fourth-order valence-corrected chi connectivity index (χ4v) is 8.69. The number of amides is 2. The van der Waals surface area contributed by atoms with Crippen LogP contribution in [0, 0.1) is 12.8 Å². The van der Waals surface area contributed by atoms with Gasteiger partial charge >= 0.3 is 0 Å². The van der Waals surface area contributed by atoms with Crippen molar-refractivity contribution in [1.82, 2.24) is 19.7 Å². The van der Waals surface area contributed by atoms with Gasteiger partial charge in [0.1, 0.15) is 11.8 Å². The molecule has 8 rings (SSSR count). The molecule has 3 aliphatic heterocycles. The Morgan fingerprint density at radius 1 is 0.976 bits per heavy atom. The molecule has 2 amide bonds. The number of ether oxygens (including phenoxy) is 2. The summed E-state index contributed by atoms with van der Waals surface area (Å²) in [4.78, 5) is 36.8. The van der Waals surface area contributed by atoms with Gasteiger partial charge in [0.2, 0.25) is 0 Å². The zero-order valence-corrected chi connectivity index (χ0v) is 23.9. The van der Waals surface area contributed by atoms with Gasteiger partial charge in [-0.15, -0.1) is 0 Å². The van der Waals surface area contributed by atoms with E-state index in [1.54, 1.807) is 7.11 Å². The van der Waals surface area contributed by atoms with Crippen molar-refractivity contribution < 1.29 is 19.1 Å². The second-order valence-electron chi connectivity index (χ2n) is 12.4. The number of likely N-dealkylation sites (tertiary alicyclic amines) is 1. The minimum Gasteiger partial charge on any atom is -0.493 e. The first-order valence-electron chi connectivity index (χ1n) is 14.8. The van der Waals surface area contributed by atoms with Crippen LogP contribution in [0.5, 0.6) is 11.5 Å². The predicted octanol–water partition coefficient (Wildman–Crippen LogP) is 3.73.